The molecule has 2 aromatic heterocycles. The molecule has 0 radical (unpaired) electrons. The Labute approximate surface area is 225 Å². The van der Waals surface area contributed by atoms with Crippen molar-refractivity contribution >= 4 is 17.6 Å². The summed E-state index contributed by atoms with van der Waals surface area (Å²) in [6.45, 7) is 5.30. The molecule has 2 heterocycles. The lowest BCUT2D eigenvalue weighted by Gasteiger charge is -2.30. The van der Waals surface area contributed by atoms with E-state index >= 15 is 4.39 Å². The molecular weight excluding hydrogens is 512 g/mol. The Hall–Kier alpha value is -3.46. The number of hydrogen-bond acceptors (Lipinski definition) is 5. The SMILES string of the molecule is Cc1nc(C(=O)O)nc(-c2cncc(Cl)c2)cn(CC2CCC(C)CC2)c(C(C)(F)c2ccccc2F)n1. The molecule has 0 aliphatic heterocycles. The molecule has 7 nitrogen and oxygen atoms in total. The minimum absolute atomic E-state index is 0.0255. The fraction of sp³-hybridized carbons (Fsp3) is 0.393. The number of aromatic nitrogens is 5. The number of nitrogens with zero attached hydrogens (tertiary/aromatic N) is 5. The molecule has 1 aliphatic rings. The van der Waals surface area contributed by atoms with Gasteiger partial charge < -0.3 is 9.67 Å². The van der Waals surface area contributed by atoms with E-state index in [9.17, 15) is 14.3 Å². The number of alkyl halides is 1. The van der Waals surface area contributed by atoms with Gasteiger partial charge in [0, 0.05) is 36.3 Å². The highest BCUT2D eigenvalue weighted by Crippen LogP contribution is 2.36. The summed E-state index contributed by atoms with van der Waals surface area (Å²) < 4.78 is 33.3. The first kappa shape index (κ1) is 27.6. The second-order valence-electron chi connectivity index (χ2n) is 10.0. The number of benzene rings is 1. The van der Waals surface area contributed by atoms with Gasteiger partial charge in [-0.25, -0.2) is 28.5 Å². The van der Waals surface area contributed by atoms with E-state index in [0.717, 1.165) is 25.7 Å². The molecule has 4 rings (SSSR count). The third kappa shape index (κ3) is 6.32. The van der Waals surface area contributed by atoms with Gasteiger partial charge in [-0.05, 0) is 50.7 Å². The maximum atomic E-state index is 16.8. The van der Waals surface area contributed by atoms with E-state index in [0.29, 0.717) is 23.0 Å². The highest BCUT2D eigenvalue weighted by atomic mass is 35.5. The first-order valence-corrected chi connectivity index (χ1v) is 12.9. The van der Waals surface area contributed by atoms with Crippen LogP contribution in [0, 0.1) is 24.6 Å². The second-order valence-corrected chi connectivity index (χ2v) is 10.4. The lowest BCUT2D eigenvalue weighted by molar-refractivity contribution is 0.0683. The topological polar surface area (TPSA) is 93.8 Å². The predicted octanol–water partition coefficient (Wildman–Crippen LogP) is 6.72. The van der Waals surface area contributed by atoms with E-state index in [-0.39, 0.29) is 28.8 Å². The van der Waals surface area contributed by atoms with Crippen LogP contribution in [0.5, 0.6) is 0 Å². The number of rotatable bonds is 6. The molecule has 1 N–H and O–H groups in total. The molecule has 200 valence electrons. The minimum atomic E-state index is -2.38. The minimum Gasteiger partial charge on any atom is -0.475 e. The van der Waals surface area contributed by atoms with Crippen LogP contribution in [0.25, 0.3) is 11.3 Å². The van der Waals surface area contributed by atoms with Gasteiger partial charge in [-0.2, -0.15) is 0 Å². The van der Waals surface area contributed by atoms with Crippen LogP contribution in [0.2, 0.25) is 5.02 Å². The average molecular weight is 542 g/mol. The van der Waals surface area contributed by atoms with E-state index in [2.05, 4.69) is 26.9 Å². The molecule has 1 atom stereocenters. The van der Waals surface area contributed by atoms with Crippen LogP contribution in [0.15, 0.2) is 48.9 Å². The number of aromatic carboxylic acids is 1. The number of carboxylic acids is 1. The summed E-state index contributed by atoms with van der Waals surface area (Å²) in [6.07, 6.45) is 8.43. The van der Waals surface area contributed by atoms with Crippen LogP contribution in [-0.4, -0.2) is 35.6 Å². The zero-order valence-corrected chi connectivity index (χ0v) is 22.3. The maximum Gasteiger partial charge on any atom is 0.374 e. The highest BCUT2D eigenvalue weighted by molar-refractivity contribution is 6.30. The van der Waals surface area contributed by atoms with Crippen LogP contribution in [0.1, 0.15) is 67.4 Å². The van der Waals surface area contributed by atoms with Crippen molar-refractivity contribution in [2.24, 2.45) is 11.8 Å². The summed E-state index contributed by atoms with van der Waals surface area (Å²) >= 11 is 6.17. The zero-order valence-electron chi connectivity index (χ0n) is 21.5. The first-order chi connectivity index (χ1) is 18.0. The standard InChI is InChI=1S/C28H30ClF2N5O2/c1-17-8-10-19(11-9-17)15-36-16-24(20-12-21(29)14-32-13-20)35-25(26(37)38)33-18(2)34-27(36)28(3,31)22-6-4-5-7-23(22)30/h4-7,12-14,16-17,19H,8-11,15H2,1-3H3,(H,37,38). The number of pyridine rings is 1. The van der Waals surface area contributed by atoms with Crippen molar-refractivity contribution in [1.29, 1.82) is 0 Å². The molecule has 0 amide bonds. The third-order valence-electron chi connectivity index (χ3n) is 6.89. The summed E-state index contributed by atoms with van der Waals surface area (Å²) in [4.78, 5) is 28.9. The zero-order chi connectivity index (χ0) is 27.4. The summed E-state index contributed by atoms with van der Waals surface area (Å²) in [7, 11) is 0. The van der Waals surface area contributed by atoms with Gasteiger partial charge in [0.05, 0.1) is 10.7 Å². The van der Waals surface area contributed by atoms with Crippen LogP contribution in [0.3, 0.4) is 0 Å². The van der Waals surface area contributed by atoms with Crippen molar-refractivity contribution in [3.05, 3.63) is 82.8 Å². The Morgan fingerprint density at radius 3 is 2.53 bits per heavy atom. The van der Waals surface area contributed by atoms with Crippen molar-refractivity contribution in [3.8, 4) is 11.3 Å². The Balaban J connectivity index is 2.05. The van der Waals surface area contributed by atoms with Crippen LogP contribution in [-0.2, 0) is 12.2 Å². The summed E-state index contributed by atoms with van der Waals surface area (Å²) in [5.41, 5.74) is -1.99. The Morgan fingerprint density at radius 2 is 1.87 bits per heavy atom. The van der Waals surface area contributed by atoms with Gasteiger partial charge in [0.1, 0.15) is 11.6 Å². The van der Waals surface area contributed by atoms with E-state index in [1.54, 1.807) is 22.9 Å². The van der Waals surface area contributed by atoms with Gasteiger partial charge in [-0.15, -0.1) is 0 Å². The van der Waals surface area contributed by atoms with Crippen molar-refractivity contribution in [3.63, 3.8) is 0 Å². The number of halogens is 3. The summed E-state index contributed by atoms with van der Waals surface area (Å²) in [5, 5.41) is 10.1. The van der Waals surface area contributed by atoms with Crippen molar-refractivity contribution in [2.75, 3.05) is 0 Å². The molecule has 0 spiro atoms. The quantitative estimate of drug-likeness (QED) is 0.372. The molecule has 0 saturated heterocycles. The highest BCUT2D eigenvalue weighted by Gasteiger charge is 2.36. The summed E-state index contributed by atoms with van der Waals surface area (Å²) in [6, 6.07) is 7.21. The number of aryl methyl sites for hydroxylation is 1. The van der Waals surface area contributed by atoms with Crippen molar-refractivity contribution in [2.45, 2.75) is 58.7 Å². The number of hydrogen-bond donors (Lipinski definition) is 1. The van der Waals surface area contributed by atoms with Crippen molar-refractivity contribution in [1.82, 2.24) is 24.5 Å². The molecule has 38 heavy (non-hydrogen) atoms. The van der Waals surface area contributed by atoms with Gasteiger partial charge in [-0.1, -0.05) is 49.6 Å². The fourth-order valence-corrected chi connectivity index (χ4v) is 5.00. The smallest absolute Gasteiger partial charge is 0.374 e. The lowest BCUT2D eigenvalue weighted by Crippen LogP contribution is -2.28. The number of carboxylic acid groups (broad SMARTS) is 1. The molecule has 1 aromatic carbocycles. The maximum absolute atomic E-state index is 16.8. The first-order valence-electron chi connectivity index (χ1n) is 12.5. The molecule has 3 aromatic rings. The van der Waals surface area contributed by atoms with Gasteiger partial charge in [0.15, 0.2) is 11.5 Å². The van der Waals surface area contributed by atoms with Crippen LogP contribution >= 0.6 is 11.6 Å². The van der Waals surface area contributed by atoms with E-state index in [1.165, 1.54) is 44.4 Å². The van der Waals surface area contributed by atoms with Crippen LogP contribution < -0.4 is 0 Å². The second kappa shape index (κ2) is 11.5. The Bertz CT molecular complexity index is 1390. The predicted molar refractivity (Wildman–Crippen MR) is 140 cm³/mol. The van der Waals surface area contributed by atoms with Gasteiger partial charge >= 0.3 is 5.97 Å². The molecule has 10 heteroatoms. The van der Waals surface area contributed by atoms with Gasteiger partial charge in [0.2, 0.25) is 5.82 Å². The Morgan fingerprint density at radius 1 is 1.16 bits per heavy atom. The molecular formula is C28H30ClF2N5O2. The molecule has 0 bridgehead atoms. The fourth-order valence-electron chi connectivity index (χ4n) is 4.83. The summed E-state index contributed by atoms with van der Waals surface area (Å²) in [5.74, 6) is -1.94. The van der Waals surface area contributed by atoms with Gasteiger partial charge in [0.25, 0.3) is 0 Å². The monoisotopic (exact) mass is 541 g/mol. The largest absolute Gasteiger partial charge is 0.475 e. The molecule has 1 saturated carbocycles. The van der Waals surface area contributed by atoms with E-state index < -0.39 is 23.3 Å². The van der Waals surface area contributed by atoms with Crippen LogP contribution in [0.4, 0.5) is 8.78 Å². The molecule has 1 unspecified atom stereocenters. The third-order valence-corrected chi connectivity index (χ3v) is 7.10. The molecule has 1 fully saturated rings. The number of carbonyl (C=O) groups is 1. The van der Waals surface area contributed by atoms with E-state index in [4.69, 9.17) is 11.6 Å². The van der Waals surface area contributed by atoms with Crippen molar-refractivity contribution < 1.29 is 18.7 Å². The normalized spacial score (nSPS) is 18.9. The van der Waals surface area contributed by atoms with E-state index in [1.807, 2.05) is 0 Å². The average Bonchev–Trinajstić information content (AvgIpc) is 2.94. The van der Waals surface area contributed by atoms with Gasteiger partial charge in [-0.3, -0.25) is 4.98 Å². The lowest BCUT2D eigenvalue weighted by atomic mass is 9.83. The molecule has 1 aliphatic carbocycles. The Kier molecular flexibility index (Phi) is 8.35.